The topological polar surface area (TPSA) is 52.0 Å². The van der Waals surface area contributed by atoms with E-state index < -0.39 is 0 Å². The summed E-state index contributed by atoms with van der Waals surface area (Å²) in [7, 11) is 1.70. The van der Waals surface area contributed by atoms with E-state index in [1.165, 1.54) is 6.42 Å². The number of aromatic nitrogens is 3. The van der Waals surface area contributed by atoms with Gasteiger partial charge in [0.15, 0.2) is 0 Å². The van der Waals surface area contributed by atoms with E-state index in [1.807, 2.05) is 24.5 Å². The van der Waals surface area contributed by atoms with Gasteiger partial charge in [-0.1, -0.05) is 30.4 Å². The first-order chi connectivity index (χ1) is 10.9. The first-order valence-electron chi connectivity index (χ1n) is 7.74. The Morgan fingerprint density at radius 3 is 3.23 bits per heavy atom. The number of fused-ring (bicyclic) bond motifs is 1. The van der Waals surface area contributed by atoms with Crippen LogP contribution in [0.2, 0.25) is 0 Å². The minimum Gasteiger partial charge on any atom is -0.496 e. The Bertz CT molecular complexity index is 635. The van der Waals surface area contributed by atoms with Crippen molar-refractivity contribution >= 4 is 6.08 Å². The third-order valence-electron chi connectivity index (χ3n) is 4.06. The standard InChI is InChI=1S/C17H22N4O/c1-22-16-7-3-2-5-15(16)6-4-10-18-11-14-8-9-17-20-19-13-21(17)12-14/h2-7,13-14,18H,8-12H2,1H3/b6-4-/t14-/m1/s1. The maximum Gasteiger partial charge on any atom is 0.132 e. The molecule has 5 heteroatoms. The van der Waals surface area contributed by atoms with E-state index in [-0.39, 0.29) is 0 Å². The van der Waals surface area contributed by atoms with Gasteiger partial charge in [0.2, 0.25) is 0 Å². The van der Waals surface area contributed by atoms with Crippen LogP contribution in [0.3, 0.4) is 0 Å². The molecule has 1 aromatic carbocycles. The molecule has 5 nitrogen and oxygen atoms in total. The third kappa shape index (κ3) is 3.54. The lowest BCUT2D eigenvalue weighted by molar-refractivity contribution is 0.352. The zero-order valence-corrected chi connectivity index (χ0v) is 12.9. The van der Waals surface area contributed by atoms with E-state index in [1.54, 1.807) is 7.11 Å². The van der Waals surface area contributed by atoms with Crippen LogP contribution in [0.15, 0.2) is 36.7 Å². The fraction of sp³-hybridized carbons (Fsp3) is 0.412. The molecule has 1 aliphatic rings. The molecule has 0 saturated heterocycles. The summed E-state index contributed by atoms with van der Waals surface area (Å²) in [5.74, 6) is 2.68. The van der Waals surface area contributed by atoms with Gasteiger partial charge in [0, 0.05) is 25.1 Å². The summed E-state index contributed by atoms with van der Waals surface area (Å²) in [6, 6.07) is 8.04. The van der Waals surface area contributed by atoms with E-state index >= 15 is 0 Å². The number of hydrogen-bond donors (Lipinski definition) is 1. The third-order valence-corrected chi connectivity index (χ3v) is 4.06. The summed E-state index contributed by atoms with van der Waals surface area (Å²) >= 11 is 0. The van der Waals surface area contributed by atoms with Crippen molar-refractivity contribution in [2.24, 2.45) is 5.92 Å². The van der Waals surface area contributed by atoms with Gasteiger partial charge in [-0.15, -0.1) is 10.2 Å². The number of rotatable bonds is 6. The Hall–Kier alpha value is -2.14. The van der Waals surface area contributed by atoms with Gasteiger partial charge in [-0.3, -0.25) is 0 Å². The molecule has 1 N–H and O–H groups in total. The highest BCUT2D eigenvalue weighted by atomic mass is 16.5. The van der Waals surface area contributed by atoms with Gasteiger partial charge in [-0.05, 0) is 24.9 Å². The number of benzene rings is 1. The summed E-state index contributed by atoms with van der Waals surface area (Å²) in [5, 5.41) is 11.6. The number of para-hydroxylation sites is 1. The van der Waals surface area contributed by atoms with Crippen LogP contribution in [0.5, 0.6) is 5.75 Å². The Kier molecular flexibility index (Phi) is 4.85. The number of hydrogen-bond acceptors (Lipinski definition) is 4. The SMILES string of the molecule is COc1ccccc1/C=C\CNC[C@H]1CCc2nncn2C1. The summed E-state index contributed by atoms with van der Waals surface area (Å²) < 4.78 is 7.50. The van der Waals surface area contributed by atoms with Crippen LogP contribution < -0.4 is 10.1 Å². The maximum atomic E-state index is 5.34. The summed E-state index contributed by atoms with van der Waals surface area (Å²) in [6.45, 7) is 2.91. The van der Waals surface area contributed by atoms with Crippen LogP contribution in [-0.2, 0) is 13.0 Å². The van der Waals surface area contributed by atoms with Crippen LogP contribution in [0.4, 0.5) is 0 Å². The van der Waals surface area contributed by atoms with E-state index in [0.29, 0.717) is 5.92 Å². The predicted molar refractivity (Wildman–Crippen MR) is 86.7 cm³/mol. The number of methoxy groups -OCH3 is 1. The zero-order valence-electron chi connectivity index (χ0n) is 12.9. The Balaban J connectivity index is 1.43. The van der Waals surface area contributed by atoms with Gasteiger partial charge in [0.05, 0.1) is 7.11 Å². The molecule has 1 aliphatic heterocycles. The number of nitrogens with zero attached hydrogens (tertiary/aromatic N) is 3. The summed E-state index contributed by atoms with van der Waals surface area (Å²) in [4.78, 5) is 0. The highest BCUT2D eigenvalue weighted by Gasteiger charge is 2.18. The molecule has 1 aromatic heterocycles. The normalized spacial score (nSPS) is 17.6. The fourth-order valence-corrected chi connectivity index (χ4v) is 2.86. The lowest BCUT2D eigenvalue weighted by Gasteiger charge is -2.22. The Morgan fingerprint density at radius 1 is 1.41 bits per heavy atom. The number of ether oxygens (including phenoxy) is 1. The van der Waals surface area contributed by atoms with E-state index in [0.717, 1.165) is 43.2 Å². The van der Waals surface area contributed by atoms with Crippen molar-refractivity contribution in [2.45, 2.75) is 19.4 Å². The highest BCUT2D eigenvalue weighted by Crippen LogP contribution is 2.19. The summed E-state index contributed by atoms with van der Waals surface area (Å²) in [5.41, 5.74) is 1.11. The van der Waals surface area contributed by atoms with Gasteiger partial charge >= 0.3 is 0 Å². The van der Waals surface area contributed by atoms with Gasteiger partial charge in [-0.2, -0.15) is 0 Å². The molecule has 0 amide bonds. The summed E-state index contributed by atoms with van der Waals surface area (Å²) in [6.07, 6.45) is 8.30. The molecule has 116 valence electrons. The highest BCUT2D eigenvalue weighted by molar-refractivity contribution is 5.57. The number of nitrogens with one attached hydrogen (secondary N) is 1. The second kappa shape index (κ2) is 7.22. The van der Waals surface area contributed by atoms with E-state index in [2.05, 4.69) is 38.3 Å². The first kappa shape index (κ1) is 14.8. The molecule has 0 aliphatic carbocycles. The fourth-order valence-electron chi connectivity index (χ4n) is 2.86. The van der Waals surface area contributed by atoms with Gasteiger partial charge in [0.1, 0.15) is 17.9 Å². The quantitative estimate of drug-likeness (QED) is 0.830. The van der Waals surface area contributed by atoms with Gasteiger partial charge in [-0.25, -0.2) is 0 Å². The van der Waals surface area contributed by atoms with E-state index in [4.69, 9.17) is 4.74 Å². The average molecular weight is 298 g/mol. The first-order valence-corrected chi connectivity index (χ1v) is 7.74. The average Bonchev–Trinajstić information content (AvgIpc) is 3.02. The van der Waals surface area contributed by atoms with Crippen LogP contribution in [0.1, 0.15) is 17.8 Å². The molecule has 0 bridgehead atoms. The smallest absolute Gasteiger partial charge is 0.132 e. The maximum absolute atomic E-state index is 5.34. The van der Waals surface area contributed by atoms with Gasteiger partial charge in [0.25, 0.3) is 0 Å². The molecular formula is C17H22N4O. The minimum atomic E-state index is 0.656. The Morgan fingerprint density at radius 2 is 2.32 bits per heavy atom. The molecule has 1 atom stereocenters. The molecule has 0 radical (unpaired) electrons. The molecule has 0 unspecified atom stereocenters. The van der Waals surface area contributed by atoms with Crippen molar-refractivity contribution in [3.8, 4) is 5.75 Å². The van der Waals surface area contributed by atoms with Crippen molar-refractivity contribution in [3.05, 3.63) is 48.1 Å². The molecule has 0 saturated carbocycles. The van der Waals surface area contributed by atoms with E-state index in [9.17, 15) is 0 Å². The predicted octanol–water partition coefficient (Wildman–Crippen LogP) is 2.15. The Labute approximate surface area is 131 Å². The molecular weight excluding hydrogens is 276 g/mol. The molecule has 0 fully saturated rings. The molecule has 3 rings (SSSR count). The van der Waals surface area contributed by atoms with Crippen LogP contribution >= 0.6 is 0 Å². The molecule has 2 heterocycles. The molecule has 22 heavy (non-hydrogen) atoms. The van der Waals surface area contributed by atoms with Crippen LogP contribution in [0.25, 0.3) is 6.08 Å². The second-order valence-electron chi connectivity index (χ2n) is 5.61. The van der Waals surface area contributed by atoms with Crippen LogP contribution in [0, 0.1) is 5.92 Å². The molecule has 2 aromatic rings. The zero-order chi connectivity index (χ0) is 15.2. The lowest BCUT2D eigenvalue weighted by atomic mass is 9.99. The van der Waals surface area contributed by atoms with Gasteiger partial charge < -0.3 is 14.6 Å². The largest absolute Gasteiger partial charge is 0.496 e. The minimum absolute atomic E-state index is 0.656. The van der Waals surface area contributed by atoms with Crippen molar-refractivity contribution in [1.82, 2.24) is 20.1 Å². The monoisotopic (exact) mass is 298 g/mol. The van der Waals surface area contributed by atoms with Crippen molar-refractivity contribution in [2.75, 3.05) is 20.2 Å². The van der Waals surface area contributed by atoms with Crippen molar-refractivity contribution < 1.29 is 4.74 Å². The van der Waals surface area contributed by atoms with Crippen molar-refractivity contribution in [3.63, 3.8) is 0 Å². The number of aryl methyl sites for hydroxylation is 1. The lowest BCUT2D eigenvalue weighted by Crippen LogP contribution is -2.30. The molecule has 0 spiro atoms. The van der Waals surface area contributed by atoms with Crippen molar-refractivity contribution in [1.29, 1.82) is 0 Å². The van der Waals surface area contributed by atoms with Crippen LogP contribution in [-0.4, -0.2) is 35.0 Å². The second-order valence-corrected chi connectivity index (χ2v) is 5.61.